The van der Waals surface area contributed by atoms with Gasteiger partial charge in [-0.2, -0.15) is 0 Å². The van der Waals surface area contributed by atoms with E-state index in [2.05, 4.69) is 34.6 Å². The van der Waals surface area contributed by atoms with Gasteiger partial charge in [-0.1, -0.05) is 55.9 Å². The zero-order valence-electron chi connectivity index (χ0n) is 15.0. The average molecular weight is 362 g/mol. The molecule has 1 aromatic carbocycles. The normalized spacial score (nSPS) is 13.4. The Morgan fingerprint density at radius 2 is 2.04 bits per heavy atom. The lowest BCUT2D eigenvalue weighted by molar-refractivity contribution is -0.120. The first-order chi connectivity index (χ1) is 12.1. The van der Waals surface area contributed by atoms with Crippen LogP contribution in [0.15, 0.2) is 40.3 Å². The molecule has 0 aliphatic rings. The molecule has 1 amide bonds. The molecule has 0 saturated heterocycles. The molecule has 1 heterocycles. The van der Waals surface area contributed by atoms with Gasteiger partial charge in [0.25, 0.3) is 0 Å². The summed E-state index contributed by atoms with van der Waals surface area (Å²) in [6.45, 7) is 7.15. The highest BCUT2D eigenvalue weighted by molar-refractivity contribution is 8.00. The highest BCUT2D eigenvalue weighted by Crippen LogP contribution is 2.21. The van der Waals surface area contributed by atoms with Gasteiger partial charge in [-0.3, -0.25) is 9.36 Å². The summed E-state index contributed by atoms with van der Waals surface area (Å²) in [5.74, 6) is 0.254. The van der Waals surface area contributed by atoms with Crippen molar-refractivity contribution in [2.45, 2.75) is 56.5 Å². The van der Waals surface area contributed by atoms with Crippen molar-refractivity contribution in [2.24, 2.45) is 0 Å². The Balaban J connectivity index is 1.93. The number of hydrogen-bond acceptors (Lipinski definition) is 4. The number of nitrogens with zero attached hydrogens (tertiary/aromatic N) is 2. The average Bonchev–Trinajstić information content (AvgIpc) is 2.96. The van der Waals surface area contributed by atoms with Gasteiger partial charge >= 0.3 is 5.69 Å². The van der Waals surface area contributed by atoms with Gasteiger partial charge < -0.3 is 5.32 Å². The van der Waals surface area contributed by atoms with Gasteiger partial charge in [-0.05, 0) is 25.3 Å². The van der Waals surface area contributed by atoms with Crippen LogP contribution in [0.25, 0.3) is 0 Å². The van der Waals surface area contributed by atoms with E-state index in [0.717, 1.165) is 12.8 Å². The number of benzene rings is 1. The summed E-state index contributed by atoms with van der Waals surface area (Å²) in [6, 6.07) is 10.2. The third-order valence-corrected chi connectivity index (χ3v) is 5.20. The molecule has 0 aliphatic heterocycles. The molecular weight excluding hydrogens is 336 g/mol. The molecule has 2 N–H and O–H groups in total. The van der Waals surface area contributed by atoms with Crippen molar-refractivity contribution in [3.63, 3.8) is 0 Å². The van der Waals surface area contributed by atoms with E-state index in [1.807, 2.05) is 32.0 Å². The van der Waals surface area contributed by atoms with Gasteiger partial charge in [-0.15, -0.1) is 5.10 Å². The smallest absolute Gasteiger partial charge is 0.343 e. The fourth-order valence-electron chi connectivity index (χ4n) is 2.62. The van der Waals surface area contributed by atoms with Crippen molar-refractivity contribution in [1.82, 2.24) is 20.1 Å². The summed E-state index contributed by atoms with van der Waals surface area (Å²) < 4.78 is 1.58. The van der Waals surface area contributed by atoms with Gasteiger partial charge in [0, 0.05) is 19.0 Å². The number of aromatic amines is 1. The Bertz CT molecular complexity index is 726. The zero-order valence-corrected chi connectivity index (χ0v) is 15.8. The Hall–Kier alpha value is -2.02. The van der Waals surface area contributed by atoms with Crippen LogP contribution in [0.2, 0.25) is 0 Å². The molecular formula is C18H26N4O2S. The SMILES string of the molecule is CCCn1c(S[C@@H](C)C(=O)NC[C@H](CC)c2ccccc2)n[nH]c1=O. The number of thioether (sulfide) groups is 1. The van der Waals surface area contributed by atoms with Crippen molar-refractivity contribution in [2.75, 3.05) is 6.54 Å². The number of H-pyrrole nitrogens is 1. The molecule has 0 fully saturated rings. The fraction of sp³-hybridized carbons (Fsp3) is 0.500. The second-order valence-corrected chi connectivity index (χ2v) is 7.29. The summed E-state index contributed by atoms with van der Waals surface area (Å²) in [6.07, 6.45) is 1.80. The van der Waals surface area contributed by atoms with E-state index in [9.17, 15) is 9.59 Å². The van der Waals surface area contributed by atoms with E-state index in [1.165, 1.54) is 17.3 Å². The van der Waals surface area contributed by atoms with Crippen LogP contribution in [0, 0.1) is 0 Å². The molecule has 0 saturated carbocycles. The molecule has 2 aromatic rings. The van der Waals surface area contributed by atoms with Crippen LogP contribution < -0.4 is 11.0 Å². The minimum atomic E-state index is -0.320. The summed E-state index contributed by atoms with van der Waals surface area (Å²) in [4.78, 5) is 24.1. The Labute approximate surface area is 152 Å². The van der Waals surface area contributed by atoms with Crippen molar-refractivity contribution < 1.29 is 4.79 Å². The fourth-order valence-corrected chi connectivity index (χ4v) is 3.52. The van der Waals surface area contributed by atoms with Crippen LogP contribution in [0.3, 0.4) is 0 Å². The second-order valence-electron chi connectivity index (χ2n) is 5.98. The summed E-state index contributed by atoms with van der Waals surface area (Å²) in [5.41, 5.74) is 1.00. The van der Waals surface area contributed by atoms with Crippen molar-refractivity contribution in [3.8, 4) is 0 Å². The first-order valence-electron chi connectivity index (χ1n) is 8.71. The first kappa shape index (κ1) is 19.3. The maximum absolute atomic E-state index is 12.4. The lowest BCUT2D eigenvalue weighted by Gasteiger charge is -2.18. The van der Waals surface area contributed by atoms with Crippen LogP contribution in [-0.4, -0.2) is 32.5 Å². The molecule has 2 atom stereocenters. The lowest BCUT2D eigenvalue weighted by atomic mass is 9.96. The summed E-state index contributed by atoms with van der Waals surface area (Å²) >= 11 is 1.30. The molecule has 0 bridgehead atoms. The Morgan fingerprint density at radius 3 is 2.68 bits per heavy atom. The maximum Gasteiger partial charge on any atom is 0.343 e. The van der Waals surface area contributed by atoms with Crippen molar-refractivity contribution in [3.05, 3.63) is 46.4 Å². The van der Waals surface area contributed by atoms with Gasteiger partial charge in [0.1, 0.15) is 0 Å². The Kier molecular flexibility index (Phi) is 7.31. The van der Waals surface area contributed by atoms with E-state index >= 15 is 0 Å². The summed E-state index contributed by atoms with van der Waals surface area (Å²) in [5, 5.41) is 9.74. The summed E-state index contributed by atoms with van der Waals surface area (Å²) in [7, 11) is 0. The molecule has 7 heteroatoms. The molecule has 0 aliphatic carbocycles. The number of carbonyl (C=O) groups is 1. The van der Waals surface area contributed by atoms with Crippen molar-refractivity contribution >= 4 is 17.7 Å². The standard InChI is InChI=1S/C18H26N4O2S/c1-4-11-22-17(24)20-21-18(22)25-13(3)16(23)19-12-14(5-2)15-9-7-6-8-10-15/h6-10,13-14H,4-5,11-12H2,1-3H3,(H,19,23)(H,20,24)/t13-,14-/m0/s1. The lowest BCUT2D eigenvalue weighted by Crippen LogP contribution is -2.34. The molecule has 6 nitrogen and oxygen atoms in total. The molecule has 1 aromatic heterocycles. The highest BCUT2D eigenvalue weighted by Gasteiger charge is 2.20. The zero-order chi connectivity index (χ0) is 18.2. The molecule has 25 heavy (non-hydrogen) atoms. The van der Waals surface area contributed by atoms with Gasteiger partial charge in [0.05, 0.1) is 5.25 Å². The molecule has 2 rings (SSSR count). The Morgan fingerprint density at radius 1 is 1.32 bits per heavy atom. The predicted molar refractivity (Wildman–Crippen MR) is 101 cm³/mol. The van der Waals surface area contributed by atoms with E-state index < -0.39 is 0 Å². The topological polar surface area (TPSA) is 79.8 Å². The van der Waals surface area contributed by atoms with E-state index in [0.29, 0.717) is 24.2 Å². The minimum absolute atomic E-state index is 0.0436. The third kappa shape index (κ3) is 5.22. The number of hydrogen-bond donors (Lipinski definition) is 2. The highest BCUT2D eigenvalue weighted by atomic mass is 32.2. The van der Waals surface area contributed by atoms with Crippen LogP contribution in [0.5, 0.6) is 0 Å². The maximum atomic E-state index is 12.4. The van der Waals surface area contributed by atoms with Gasteiger partial charge in [0.15, 0.2) is 5.16 Å². The number of rotatable bonds is 9. The molecule has 0 radical (unpaired) electrons. The predicted octanol–water partition coefficient (Wildman–Crippen LogP) is 2.77. The van der Waals surface area contributed by atoms with Gasteiger partial charge in [0.2, 0.25) is 5.91 Å². The number of amides is 1. The second kappa shape index (κ2) is 9.46. The van der Waals surface area contributed by atoms with Gasteiger partial charge in [-0.25, -0.2) is 9.89 Å². The van der Waals surface area contributed by atoms with Crippen LogP contribution >= 0.6 is 11.8 Å². The molecule has 136 valence electrons. The van der Waals surface area contributed by atoms with Crippen LogP contribution in [0.4, 0.5) is 0 Å². The first-order valence-corrected chi connectivity index (χ1v) is 9.59. The molecule has 0 spiro atoms. The number of carbonyl (C=O) groups excluding carboxylic acids is 1. The largest absolute Gasteiger partial charge is 0.355 e. The van der Waals surface area contributed by atoms with Crippen molar-refractivity contribution in [1.29, 1.82) is 0 Å². The third-order valence-electron chi connectivity index (χ3n) is 4.11. The quantitative estimate of drug-likeness (QED) is 0.672. The number of nitrogens with one attached hydrogen (secondary N) is 2. The van der Waals surface area contributed by atoms with E-state index in [1.54, 1.807) is 4.57 Å². The van der Waals surface area contributed by atoms with Crippen LogP contribution in [-0.2, 0) is 11.3 Å². The van der Waals surface area contributed by atoms with E-state index in [4.69, 9.17) is 0 Å². The minimum Gasteiger partial charge on any atom is -0.355 e. The van der Waals surface area contributed by atoms with Crippen LogP contribution in [0.1, 0.15) is 45.1 Å². The number of aromatic nitrogens is 3. The monoisotopic (exact) mass is 362 g/mol. The van der Waals surface area contributed by atoms with E-state index in [-0.39, 0.29) is 16.8 Å². The molecule has 0 unspecified atom stereocenters.